The predicted molar refractivity (Wildman–Crippen MR) is 152 cm³/mol. The molecule has 1 heterocycles. The Bertz CT molecular complexity index is 949. The molecule has 9 heteroatoms. The molecule has 0 saturated carbocycles. The average molecular weight is 564 g/mol. The van der Waals surface area contributed by atoms with Crippen LogP contribution < -0.4 is 4.74 Å². The summed E-state index contributed by atoms with van der Waals surface area (Å²) in [5.74, 6) is 0.199. The Labute approximate surface area is 239 Å². The van der Waals surface area contributed by atoms with E-state index in [0.717, 1.165) is 11.3 Å². The van der Waals surface area contributed by atoms with E-state index in [1.54, 1.807) is 48.5 Å². The monoisotopic (exact) mass is 563 g/mol. The van der Waals surface area contributed by atoms with Crippen molar-refractivity contribution in [2.45, 2.75) is 130 Å². The van der Waals surface area contributed by atoms with Crippen LogP contribution in [0.5, 0.6) is 5.75 Å². The molecule has 0 unspecified atom stereocenters. The summed E-state index contributed by atoms with van der Waals surface area (Å²) in [7, 11) is 0. The van der Waals surface area contributed by atoms with Gasteiger partial charge in [0.25, 0.3) is 0 Å². The van der Waals surface area contributed by atoms with Crippen LogP contribution in [0, 0.1) is 5.92 Å². The number of hydrogen-bond donors (Lipinski definition) is 0. The van der Waals surface area contributed by atoms with E-state index in [4.69, 9.17) is 23.7 Å². The molecule has 2 rings (SSSR count). The number of nitrogens with zero attached hydrogens (tertiary/aromatic N) is 1. The van der Waals surface area contributed by atoms with E-state index in [-0.39, 0.29) is 18.4 Å². The van der Waals surface area contributed by atoms with E-state index < -0.39 is 47.6 Å². The summed E-state index contributed by atoms with van der Waals surface area (Å²) < 4.78 is 29.5. The number of ether oxygens (including phenoxy) is 5. The van der Waals surface area contributed by atoms with Gasteiger partial charge >= 0.3 is 18.2 Å². The molecule has 1 aromatic carbocycles. The third-order valence-electron chi connectivity index (χ3n) is 6.11. The molecule has 0 aliphatic carbocycles. The first-order chi connectivity index (χ1) is 18.5. The lowest BCUT2D eigenvalue weighted by Gasteiger charge is -2.33. The lowest BCUT2D eigenvalue weighted by atomic mass is 10.0. The lowest BCUT2D eigenvalue weighted by molar-refractivity contribution is -0.163. The molecule has 1 aromatic rings. The van der Waals surface area contributed by atoms with Gasteiger partial charge in [-0.1, -0.05) is 32.9 Å². The molecule has 40 heavy (non-hydrogen) atoms. The van der Waals surface area contributed by atoms with Gasteiger partial charge in [-0.3, -0.25) is 0 Å². The van der Waals surface area contributed by atoms with Gasteiger partial charge in [0, 0.05) is 6.61 Å². The van der Waals surface area contributed by atoms with E-state index in [0.29, 0.717) is 25.2 Å². The lowest BCUT2D eigenvalue weighted by Crippen LogP contribution is -2.53. The highest BCUT2D eigenvalue weighted by atomic mass is 16.6. The maximum atomic E-state index is 13.6. The van der Waals surface area contributed by atoms with Gasteiger partial charge in [0.15, 0.2) is 6.10 Å². The SMILES string of the molecule is CCc1ccc(O[C@H]2[C@H](C)OC(=O)[C@@H](N(C(=O)OC(C)(C)C)C(=O)OC(C)(C)C)CCC[C@@H]2OCC(C)C)cc1. The zero-order valence-corrected chi connectivity index (χ0v) is 25.9. The Morgan fingerprint density at radius 1 is 0.975 bits per heavy atom. The van der Waals surface area contributed by atoms with Gasteiger partial charge in [0.1, 0.15) is 29.1 Å². The first-order valence-electron chi connectivity index (χ1n) is 14.3. The smallest absolute Gasteiger partial charge is 0.420 e. The van der Waals surface area contributed by atoms with Crippen molar-refractivity contribution in [3.63, 3.8) is 0 Å². The standard InChI is InChI=1S/C31H49NO8/c1-11-22-15-17-23(18-16-22)38-26-21(4)37-27(33)24(13-12-14-25(26)36-19-20(2)3)32(28(34)39-30(5,6)7)29(35)40-31(8,9)10/h15-18,20-21,24-26H,11-14,19H2,1-10H3/t21-,24-,25-,26-/m0/s1. The number of cyclic esters (lactones) is 1. The van der Waals surface area contributed by atoms with E-state index >= 15 is 0 Å². The largest absolute Gasteiger partial charge is 0.484 e. The van der Waals surface area contributed by atoms with Crippen molar-refractivity contribution in [2.24, 2.45) is 5.92 Å². The third kappa shape index (κ3) is 10.6. The van der Waals surface area contributed by atoms with Crippen LogP contribution >= 0.6 is 0 Å². The second-order valence-electron chi connectivity index (χ2n) is 12.8. The highest BCUT2D eigenvalue weighted by Gasteiger charge is 2.44. The molecule has 1 aliphatic heterocycles. The van der Waals surface area contributed by atoms with Crippen LogP contribution in [0.4, 0.5) is 9.59 Å². The van der Waals surface area contributed by atoms with Crippen molar-refractivity contribution in [2.75, 3.05) is 6.61 Å². The molecule has 1 aliphatic rings. The Morgan fingerprint density at radius 2 is 1.52 bits per heavy atom. The van der Waals surface area contributed by atoms with Crippen molar-refractivity contribution in [1.29, 1.82) is 0 Å². The molecule has 1 fully saturated rings. The number of aryl methyl sites for hydroxylation is 1. The minimum absolute atomic E-state index is 0.156. The summed E-state index contributed by atoms with van der Waals surface area (Å²) >= 11 is 0. The highest BCUT2D eigenvalue weighted by molar-refractivity contribution is 5.94. The molecule has 0 bridgehead atoms. The van der Waals surface area contributed by atoms with Gasteiger partial charge in [0.05, 0.1) is 6.10 Å². The maximum Gasteiger partial charge on any atom is 0.420 e. The number of rotatable bonds is 7. The summed E-state index contributed by atoms with van der Waals surface area (Å²) in [5.41, 5.74) is -0.606. The number of amides is 2. The van der Waals surface area contributed by atoms with Crippen LogP contribution in [0.3, 0.4) is 0 Å². The van der Waals surface area contributed by atoms with Gasteiger partial charge in [-0.05, 0) is 97.8 Å². The van der Waals surface area contributed by atoms with Crippen molar-refractivity contribution >= 4 is 18.2 Å². The van der Waals surface area contributed by atoms with E-state index in [2.05, 4.69) is 20.8 Å². The second kappa shape index (κ2) is 14.2. The van der Waals surface area contributed by atoms with E-state index in [9.17, 15) is 14.4 Å². The minimum Gasteiger partial charge on any atom is -0.484 e. The van der Waals surface area contributed by atoms with Gasteiger partial charge in [-0.2, -0.15) is 4.90 Å². The van der Waals surface area contributed by atoms with Crippen molar-refractivity contribution in [1.82, 2.24) is 4.90 Å². The number of benzene rings is 1. The number of carbonyl (C=O) groups excluding carboxylic acids is 3. The fraction of sp³-hybridized carbons (Fsp3) is 0.710. The molecule has 2 amide bonds. The highest BCUT2D eigenvalue weighted by Crippen LogP contribution is 2.28. The van der Waals surface area contributed by atoms with Crippen LogP contribution in [-0.4, -0.2) is 65.2 Å². The first kappa shape index (κ1) is 33.4. The summed E-state index contributed by atoms with van der Waals surface area (Å²) in [4.78, 5) is 40.8. The summed E-state index contributed by atoms with van der Waals surface area (Å²) in [6.45, 7) is 18.6. The number of carbonyl (C=O) groups is 3. The number of esters is 1. The Hall–Kier alpha value is -2.81. The van der Waals surface area contributed by atoms with E-state index in [1.165, 1.54) is 5.56 Å². The third-order valence-corrected chi connectivity index (χ3v) is 6.11. The summed E-state index contributed by atoms with van der Waals surface area (Å²) in [6, 6.07) is 6.56. The second-order valence-corrected chi connectivity index (χ2v) is 12.8. The summed E-state index contributed by atoms with van der Waals surface area (Å²) in [5, 5.41) is 0. The average Bonchev–Trinajstić information content (AvgIpc) is 2.86. The van der Waals surface area contributed by atoms with E-state index in [1.807, 2.05) is 24.3 Å². The first-order valence-corrected chi connectivity index (χ1v) is 14.3. The van der Waals surface area contributed by atoms with Crippen LogP contribution in [0.1, 0.15) is 94.1 Å². The van der Waals surface area contributed by atoms with Crippen LogP contribution in [-0.2, 0) is 30.2 Å². The number of hydrogen-bond acceptors (Lipinski definition) is 8. The Kier molecular flexibility index (Phi) is 11.9. The maximum absolute atomic E-state index is 13.6. The molecule has 9 nitrogen and oxygen atoms in total. The molecule has 0 radical (unpaired) electrons. The van der Waals surface area contributed by atoms with Crippen LogP contribution in [0.25, 0.3) is 0 Å². The molecular weight excluding hydrogens is 514 g/mol. The fourth-order valence-corrected chi connectivity index (χ4v) is 4.24. The molecule has 226 valence electrons. The molecular formula is C31H49NO8. The van der Waals surface area contributed by atoms with Gasteiger partial charge in [-0.25, -0.2) is 14.4 Å². The van der Waals surface area contributed by atoms with Crippen molar-refractivity contribution < 1.29 is 38.1 Å². The quantitative estimate of drug-likeness (QED) is 0.267. The fourth-order valence-electron chi connectivity index (χ4n) is 4.24. The predicted octanol–water partition coefficient (Wildman–Crippen LogP) is 6.69. The van der Waals surface area contributed by atoms with Crippen LogP contribution in [0.15, 0.2) is 24.3 Å². The molecule has 0 spiro atoms. The molecule has 4 atom stereocenters. The Morgan fingerprint density at radius 3 is 2.00 bits per heavy atom. The zero-order valence-electron chi connectivity index (χ0n) is 25.9. The topological polar surface area (TPSA) is 101 Å². The van der Waals surface area contributed by atoms with Crippen LogP contribution in [0.2, 0.25) is 0 Å². The summed E-state index contributed by atoms with van der Waals surface area (Å²) in [6.07, 6.45) is -1.61. The van der Waals surface area contributed by atoms with Gasteiger partial charge < -0.3 is 23.7 Å². The normalized spacial score (nSPS) is 22.4. The van der Waals surface area contributed by atoms with Gasteiger partial charge in [0.2, 0.25) is 0 Å². The zero-order chi connectivity index (χ0) is 30.3. The molecule has 0 aromatic heterocycles. The minimum atomic E-state index is -1.24. The van der Waals surface area contributed by atoms with Crippen molar-refractivity contribution in [3.05, 3.63) is 29.8 Å². The number of imide groups is 1. The Balaban J connectivity index is 2.41. The van der Waals surface area contributed by atoms with Crippen molar-refractivity contribution in [3.8, 4) is 5.75 Å². The van der Waals surface area contributed by atoms with Gasteiger partial charge in [-0.15, -0.1) is 0 Å². The molecule has 1 saturated heterocycles. The molecule has 0 N–H and O–H groups in total.